The minimum Gasteiger partial charge on any atom is -0.369 e. The van der Waals surface area contributed by atoms with Crippen LogP contribution in [-0.4, -0.2) is 21.7 Å². The summed E-state index contributed by atoms with van der Waals surface area (Å²) in [5, 5.41) is 14.9. The van der Waals surface area contributed by atoms with Crippen LogP contribution < -0.4 is 10.6 Å². The number of hydrogen-bond donors (Lipinski definition) is 2. The van der Waals surface area contributed by atoms with Crippen LogP contribution in [0.2, 0.25) is 5.02 Å². The molecule has 20 heavy (non-hydrogen) atoms. The van der Waals surface area contributed by atoms with Gasteiger partial charge in [-0.15, -0.1) is 5.10 Å². The Bertz CT molecular complexity index is 559. The van der Waals surface area contributed by atoms with E-state index in [0.29, 0.717) is 22.7 Å². The monoisotopic (exact) mass is 291 g/mol. The number of rotatable bonds is 6. The Morgan fingerprint density at radius 3 is 2.90 bits per heavy atom. The zero-order valence-corrected chi connectivity index (χ0v) is 12.4. The van der Waals surface area contributed by atoms with E-state index in [1.165, 1.54) is 0 Å². The molecule has 5 nitrogen and oxygen atoms in total. The lowest BCUT2D eigenvalue weighted by atomic mass is 10.1. The molecule has 1 heterocycles. The first kappa shape index (κ1) is 14.5. The van der Waals surface area contributed by atoms with Crippen LogP contribution in [0.3, 0.4) is 0 Å². The topological polar surface area (TPSA) is 62.7 Å². The van der Waals surface area contributed by atoms with Crippen molar-refractivity contribution in [2.24, 2.45) is 5.92 Å². The minimum atomic E-state index is 0.446. The van der Waals surface area contributed by atoms with Gasteiger partial charge in [-0.05, 0) is 30.5 Å². The van der Waals surface area contributed by atoms with E-state index in [9.17, 15) is 0 Å². The van der Waals surface area contributed by atoms with Crippen LogP contribution >= 0.6 is 11.6 Å². The average Bonchev–Trinajstić information content (AvgIpc) is 2.39. The third-order valence-electron chi connectivity index (χ3n) is 2.67. The van der Waals surface area contributed by atoms with E-state index in [1.807, 2.05) is 24.3 Å². The van der Waals surface area contributed by atoms with Gasteiger partial charge in [0.25, 0.3) is 0 Å². The predicted octanol–water partition coefficient (Wildman–Crippen LogP) is 3.73. The van der Waals surface area contributed by atoms with Crippen molar-refractivity contribution in [2.75, 3.05) is 17.2 Å². The van der Waals surface area contributed by atoms with E-state index in [2.05, 4.69) is 39.7 Å². The molecule has 0 saturated carbocycles. The first-order chi connectivity index (χ1) is 9.63. The summed E-state index contributed by atoms with van der Waals surface area (Å²) in [7, 11) is 0. The van der Waals surface area contributed by atoms with Gasteiger partial charge in [-0.3, -0.25) is 0 Å². The lowest BCUT2D eigenvalue weighted by Crippen LogP contribution is -2.08. The molecule has 0 bridgehead atoms. The number of hydrogen-bond acceptors (Lipinski definition) is 5. The molecule has 0 aliphatic carbocycles. The smallest absolute Gasteiger partial charge is 0.249 e. The molecule has 106 valence electrons. The van der Waals surface area contributed by atoms with Crippen molar-refractivity contribution in [3.05, 3.63) is 35.5 Å². The summed E-state index contributed by atoms with van der Waals surface area (Å²) in [6.45, 7) is 5.24. The number of halogens is 1. The van der Waals surface area contributed by atoms with E-state index < -0.39 is 0 Å². The fourth-order valence-electron chi connectivity index (χ4n) is 1.63. The molecular weight excluding hydrogens is 274 g/mol. The van der Waals surface area contributed by atoms with Gasteiger partial charge in [0.05, 0.1) is 6.20 Å². The lowest BCUT2D eigenvalue weighted by Gasteiger charge is -2.08. The number of benzene rings is 1. The SMILES string of the molecule is CC(C)CCNc1cnnc(Nc2cccc(Cl)c2)n1. The van der Waals surface area contributed by atoms with Crippen LogP contribution in [0.25, 0.3) is 0 Å². The lowest BCUT2D eigenvalue weighted by molar-refractivity contribution is 0.606. The molecule has 2 rings (SSSR count). The summed E-state index contributed by atoms with van der Waals surface area (Å²) in [5.41, 5.74) is 0.832. The second kappa shape index (κ2) is 7.05. The van der Waals surface area contributed by atoms with Crippen LogP contribution in [0.5, 0.6) is 0 Å². The van der Waals surface area contributed by atoms with E-state index in [1.54, 1.807) is 6.20 Å². The molecule has 0 spiro atoms. The molecular formula is C14H18ClN5. The molecule has 0 saturated heterocycles. The van der Waals surface area contributed by atoms with Crippen molar-refractivity contribution < 1.29 is 0 Å². The first-order valence-corrected chi connectivity index (χ1v) is 6.97. The van der Waals surface area contributed by atoms with Gasteiger partial charge in [0.15, 0.2) is 5.82 Å². The Balaban J connectivity index is 1.99. The quantitative estimate of drug-likeness (QED) is 0.849. The Labute approximate surface area is 123 Å². The highest BCUT2D eigenvalue weighted by Gasteiger charge is 2.02. The van der Waals surface area contributed by atoms with Gasteiger partial charge < -0.3 is 10.6 Å². The maximum atomic E-state index is 5.93. The van der Waals surface area contributed by atoms with E-state index in [4.69, 9.17) is 11.6 Å². The van der Waals surface area contributed by atoms with E-state index in [0.717, 1.165) is 18.7 Å². The predicted molar refractivity (Wildman–Crippen MR) is 82.5 cm³/mol. The molecule has 2 aromatic rings. The fraction of sp³-hybridized carbons (Fsp3) is 0.357. The van der Waals surface area contributed by atoms with Crippen molar-refractivity contribution in [2.45, 2.75) is 20.3 Å². The van der Waals surface area contributed by atoms with Gasteiger partial charge in [0.1, 0.15) is 0 Å². The molecule has 6 heteroatoms. The van der Waals surface area contributed by atoms with Gasteiger partial charge in [0, 0.05) is 17.3 Å². The molecule has 0 fully saturated rings. The van der Waals surface area contributed by atoms with E-state index in [-0.39, 0.29) is 0 Å². The molecule has 1 aromatic carbocycles. The van der Waals surface area contributed by atoms with Crippen LogP contribution in [0.15, 0.2) is 30.5 Å². The Kier molecular flexibility index (Phi) is 5.12. The van der Waals surface area contributed by atoms with Crippen LogP contribution in [0, 0.1) is 5.92 Å². The maximum absolute atomic E-state index is 5.93. The second-order valence-corrected chi connectivity index (χ2v) is 5.35. The normalized spacial score (nSPS) is 10.6. The Hall–Kier alpha value is -1.88. The van der Waals surface area contributed by atoms with E-state index >= 15 is 0 Å². The van der Waals surface area contributed by atoms with Gasteiger partial charge >= 0.3 is 0 Å². The highest BCUT2D eigenvalue weighted by molar-refractivity contribution is 6.30. The molecule has 0 aliphatic rings. The first-order valence-electron chi connectivity index (χ1n) is 6.59. The van der Waals surface area contributed by atoms with Gasteiger partial charge in [-0.25, -0.2) is 0 Å². The molecule has 2 N–H and O–H groups in total. The van der Waals surface area contributed by atoms with Crippen molar-refractivity contribution in [3.63, 3.8) is 0 Å². The van der Waals surface area contributed by atoms with Crippen molar-refractivity contribution >= 4 is 29.1 Å². The van der Waals surface area contributed by atoms with Crippen LogP contribution in [-0.2, 0) is 0 Å². The third-order valence-corrected chi connectivity index (χ3v) is 2.90. The number of aromatic nitrogens is 3. The second-order valence-electron chi connectivity index (χ2n) is 4.91. The largest absolute Gasteiger partial charge is 0.369 e. The third kappa shape index (κ3) is 4.66. The summed E-state index contributed by atoms with van der Waals surface area (Å²) in [4.78, 5) is 4.36. The molecule has 0 aliphatic heterocycles. The number of anilines is 3. The van der Waals surface area contributed by atoms with Crippen LogP contribution in [0.1, 0.15) is 20.3 Å². The van der Waals surface area contributed by atoms with Crippen LogP contribution in [0.4, 0.5) is 17.5 Å². The summed E-state index contributed by atoms with van der Waals surface area (Å²) in [6, 6.07) is 7.39. The summed E-state index contributed by atoms with van der Waals surface area (Å²) < 4.78 is 0. The van der Waals surface area contributed by atoms with Crippen molar-refractivity contribution in [3.8, 4) is 0 Å². The van der Waals surface area contributed by atoms with Crippen molar-refractivity contribution in [1.82, 2.24) is 15.2 Å². The average molecular weight is 292 g/mol. The highest BCUT2D eigenvalue weighted by Crippen LogP contribution is 2.18. The summed E-state index contributed by atoms with van der Waals surface area (Å²) in [6.07, 6.45) is 2.70. The highest BCUT2D eigenvalue weighted by atomic mass is 35.5. The Morgan fingerprint density at radius 2 is 2.15 bits per heavy atom. The molecule has 0 unspecified atom stereocenters. The molecule has 0 amide bonds. The minimum absolute atomic E-state index is 0.446. The zero-order valence-electron chi connectivity index (χ0n) is 11.6. The van der Waals surface area contributed by atoms with Gasteiger partial charge in [-0.2, -0.15) is 10.1 Å². The summed E-state index contributed by atoms with van der Waals surface area (Å²) >= 11 is 5.93. The number of nitrogens with one attached hydrogen (secondary N) is 2. The van der Waals surface area contributed by atoms with Gasteiger partial charge in [-0.1, -0.05) is 31.5 Å². The Morgan fingerprint density at radius 1 is 1.30 bits per heavy atom. The molecule has 0 atom stereocenters. The summed E-state index contributed by atoms with van der Waals surface area (Å²) in [5.74, 6) is 1.81. The molecule has 1 aromatic heterocycles. The fourth-order valence-corrected chi connectivity index (χ4v) is 1.82. The molecule has 0 radical (unpaired) electrons. The van der Waals surface area contributed by atoms with Crippen molar-refractivity contribution in [1.29, 1.82) is 0 Å². The van der Waals surface area contributed by atoms with Gasteiger partial charge in [0.2, 0.25) is 5.95 Å². The zero-order chi connectivity index (χ0) is 14.4. The maximum Gasteiger partial charge on any atom is 0.249 e. The standard InChI is InChI=1S/C14H18ClN5/c1-10(2)6-7-16-13-9-17-20-14(19-13)18-12-5-3-4-11(15)8-12/h3-5,8-10H,6-7H2,1-2H3,(H2,16,18,19,20). The number of nitrogens with zero attached hydrogens (tertiary/aromatic N) is 3.